The number of rotatable bonds is 4. The highest BCUT2D eigenvalue weighted by Crippen LogP contribution is 2.31. The maximum absolute atomic E-state index is 12.2. The Kier molecular flexibility index (Phi) is 4.65. The highest BCUT2D eigenvalue weighted by Gasteiger charge is 2.35. The molecule has 0 radical (unpaired) electrons. The fourth-order valence-electron chi connectivity index (χ4n) is 2.74. The molecule has 6 heteroatoms. The first-order chi connectivity index (χ1) is 11.4. The third-order valence-corrected chi connectivity index (χ3v) is 5.02. The molecule has 0 unspecified atom stereocenters. The molecule has 1 heterocycles. The van der Waals surface area contributed by atoms with E-state index in [2.05, 4.69) is 15.9 Å². The quantitative estimate of drug-likeness (QED) is 0.708. The smallest absolute Gasteiger partial charge is 0.299 e. The number of nitrogens with zero attached hydrogens (tertiary/aromatic N) is 1. The second-order valence-electron chi connectivity index (χ2n) is 5.67. The fraction of sp³-hybridized carbons (Fsp3) is 0.222. The normalized spacial score (nSPS) is 13.4. The van der Waals surface area contributed by atoms with E-state index in [0.29, 0.717) is 23.5 Å². The number of fused-ring (bicyclic) bond motifs is 1. The lowest BCUT2D eigenvalue weighted by Gasteiger charge is -2.17. The minimum absolute atomic E-state index is 0.287. The van der Waals surface area contributed by atoms with Crippen LogP contribution in [0.25, 0.3) is 0 Å². The Hall–Kier alpha value is -1.85. The number of hydrogen-bond acceptors (Lipinski definition) is 3. The number of amides is 1. The van der Waals surface area contributed by atoms with Crippen LogP contribution in [0.1, 0.15) is 21.5 Å². The van der Waals surface area contributed by atoms with Crippen LogP contribution in [-0.2, 0) is 4.79 Å². The lowest BCUT2D eigenvalue weighted by molar-refractivity contribution is -0.114. The summed E-state index contributed by atoms with van der Waals surface area (Å²) in [5, 5.41) is 0.724. The van der Waals surface area contributed by atoms with Crippen LogP contribution in [0.5, 0.6) is 5.75 Å². The van der Waals surface area contributed by atoms with Crippen LogP contribution >= 0.6 is 27.5 Å². The zero-order chi connectivity index (χ0) is 17.4. The zero-order valence-electron chi connectivity index (χ0n) is 13.2. The first-order valence-corrected chi connectivity index (χ1v) is 8.61. The number of hydrogen-bond donors (Lipinski definition) is 0. The van der Waals surface area contributed by atoms with Crippen molar-refractivity contribution in [3.05, 3.63) is 56.5 Å². The van der Waals surface area contributed by atoms with E-state index in [0.717, 1.165) is 20.6 Å². The van der Waals surface area contributed by atoms with Gasteiger partial charge in [0.15, 0.2) is 0 Å². The van der Waals surface area contributed by atoms with Crippen LogP contribution in [0.15, 0.2) is 34.8 Å². The number of ether oxygens (including phenoxy) is 1. The van der Waals surface area contributed by atoms with Gasteiger partial charge in [0, 0.05) is 9.50 Å². The van der Waals surface area contributed by atoms with Crippen molar-refractivity contribution in [2.24, 2.45) is 0 Å². The van der Waals surface area contributed by atoms with Crippen molar-refractivity contribution in [2.45, 2.75) is 13.8 Å². The number of aryl methyl sites for hydroxylation is 2. The third-order valence-electron chi connectivity index (χ3n) is 3.93. The number of benzene rings is 2. The topological polar surface area (TPSA) is 46.6 Å². The molecule has 124 valence electrons. The van der Waals surface area contributed by atoms with Gasteiger partial charge in [0.05, 0.1) is 17.8 Å². The molecule has 0 atom stereocenters. The minimum Gasteiger partial charge on any atom is -0.492 e. The number of Topliss-reactive ketones (excluding diaryl/α,β-unsaturated/α-hetero) is 1. The average Bonchev–Trinajstić information content (AvgIpc) is 2.77. The summed E-state index contributed by atoms with van der Waals surface area (Å²) in [6, 6.07) is 8.96. The number of carbonyl (C=O) groups is 2. The first-order valence-electron chi connectivity index (χ1n) is 7.44. The molecule has 0 aromatic heterocycles. The predicted molar refractivity (Wildman–Crippen MR) is 97.2 cm³/mol. The van der Waals surface area contributed by atoms with E-state index < -0.39 is 11.7 Å². The standard InChI is InChI=1S/C18H15BrClNO3/c1-10-7-13(8-11(2)16(10)20)24-6-5-21-15-4-3-12(19)9-14(15)17(22)18(21)23/h3-4,7-9H,5-6H2,1-2H3. The number of carbonyl (C=O) groups excluding carboxylic acids is 2. The fourth-order valence-corrected chi connectivity index (χ4v) is 3.21. The van der Waals surface area contributed by atoms with Crippen LogP contribution in [0.4, 0.5) is 5.69 Å². The Morgan fingerprint density at radius 2 is 1.79 bits per heavy atom. The van der Waals surface area contributed by atoms with Crippen LogP contribution in [-0.4, -0.2) is 24.8 Å². The summed E-state index contributed by atoms with van der Waals surface area (Å²) >= 11 is 9.46. The molecule has 0 N–H and O–H groups in total. The van der Waals surface area contributed by atoms with Gasteiger partial charge in [-0.25, -0.2) is 0 Å². The van der Waals surface area contributed by atoms with Crippen molar-refractivity contribution in [3.63, 3.8) is 0 Å². The molecule has 0 aliphatic carbocycles. The molecule has 0 saturated heterocycles. The van der Waals surface area contributed by atoms with Gasteiger partial charge in [0.1, 0.15) is 12.4 Å². The maximum Gasteiger partial charge on any atom is 0.299 e. The van der Waals surface area contributed by atoms with E-state index in [1.807, 2.05) is 32.0 Å². The van der Waals surface area contributed by atoms with Crippen molar-refractivity contribution in [3.8, 4) is 5.75 Å². The van der Waals surface area contributed by atoms with Crippen LogP contribution in [0.3, 0.4) is 0 Å². The van der Waals surface area contributed by atoms with Crippen molar-refractivity contribution < 1.29 is 14.3 Å². The summed E-state index contributed by atoms with van der Waals surface area (Å²) < 4.78 is 6.50. The van der Waals surface area contributed by atoms with Crippen LogP contribution < -0.4 is 9.64 Å². The molecule has 3 rings (SSSR count). The summed E-state index contributed by atoms with van der Waals surface area (Å²) in [4.78, 5) is 25.7. The van der Waals surface area contributed by atoms with Crippen molar-refractivity contribution in [1.82, 2.24) is 0 Å². The van der Waals surface area contributed by atoms with Crippen molar-refractivity contribution in [2.75, 3.05) is 18.1 Å². The highest BCUT2D eigenvalue weighted by atomic mass is 79.9. The largest absolute Gasteiger partial charge is 0.492 e. The molecule has 1 amide bonds. The van der Waals surface area contributed by atoms with Gasteiger partial charge in [-0.2, -0.15) is 0 Å². The second-order valence-corrected chi connectivity index (χ2v) is 6.96. The van der Waals surface area contributed by atoms with Gasteiger partial charge < -0.3 is 9.64 Å². The van der Waals surface area contributed by atoms with Crippen molar-refractivity contribution in [1.29, 1.82) is 0 Å². The Bertz CT molecular complexity index is 827. The number of halogens is 2. The summed E-state index contributed by atoms with van der Waals surface area (Å²) in [5.74, 6) is -0.303. The summed E-state index contributed by atoms with van der Waals surface area (Å²) in [6.45, 7) is 4.42. The van der Waals surface area contributed by atoms with E-state index in [1.165, 1.54) is 4.90 Å². The molecule has 0 bridgehead atoms. The molecule has 0 saturated carbocycles. The zero-order valence-corrected chi connectivity index (χ0v) is 15.6. The lowest BCUT2D eigenvalue weighted by atomic mass is 10.1. The summed E-state index contributed by atoms with van der Waals surface area (Å²) in [5.41, 5.74) is 2.93. The molecular weight excluding hydrogens is 394 g/mol. The third kappa shape index (κ3) is 3.06. The Balaban J connectivity index is 1.72. The van der Waals surface area contributed by atoms with Gasteiger partial charge >= 0.3 is 0 Å². The molecule has 0 spiro atoms. The van der Waals surface area contributed by atoms with Gasteiger partial charge in [-0.05, 0) is 55.3 Å². The molecule has 2 aromatic carbocycles. The highest BCUT2D eigenvalue weighted by molar-refractivity contribution is 9.10. The van der Waals surface area contributed by atoms with Crippen LogP contribution in [0.2, 0.25) is 5.02 Å². The SMILES string of the molecule is Cc1cc(OCCN2C(=O)C(=O)c3cc(Br)ccc32)cc(C)c1Cl. The van der Waals surface area contributed by atoms with Gasteiger partial charge in [-0.15, -0.1) is 0 Å². The van der Waals surface area contributed by atoms with Gasteiger partial charge in [-0.3, -0.25) is 9.59 Å². The minimum atomic E-state index is -0.518. The first kappa shape index (κ1) is 17.0. The van der Waals surface area contributed by atoms with E-state index in [-0.39, 0.29) is 6.61 Å². The lowest BCUT2D eigenvalue weighted by Crippen LogP contribution is -2.33. The number of ketones is 1. The van der Waals surface area contributed by atoms with Gasteiger partial charge in [0.25, 0.3) is 11.7 Å². The second kappa shape index (κ2) is 6.57. The van der Waals surface area contributed by atoms with Crippen molar-refractivity contribution >= 4 is 44.9 Å². The molecule has 1 aliphatic rings. The Labute approximate surface area is 153 Å². The monoisotopic (exact) mass is 407 g/mol. The summed E-state index contributed by atoms with van der Waals surface area (Å²) in [6.07, 6.45) is 0. The average molecular weight is 409 g/mol. The Morgan fingerprint density at radius 1 is 1.12 bits per heavy atom. The number of anilines is 1. The van der Waals surface area contributed by atoms with E-state index in [4.69, 9.17) is 16.3 Å². The molecule has 24 heavy (non-hydrogen) atoms. The molecular formula is C18H15BrClNO3. The van der Waals surface area contributed by atoms with Crippen LogP contribution in [0, 0.1) is 13.8 Å². The molecule has 4 nitrogen and oxygen atoms in total. The molecule has 1 aliphatic heterocycles. The van der Waals surface area contributed by atoms with E-state index >= 15 is 0 Å². The van der Waals surface area contributed by atoms with E-state index in [1.54, 1.807) is 12.1 Å². The van der Waals surface area contributed by atoms with Gasteiger partial charge in [-0.1, -0.05) is 27.5 Å². The van der Waals surface area contributed by atoms with E-state index in [9.17, 15) is 9.59 Å². The molecule has 2 aromatic rings. The Morgan fingerprint density at radius 3 is 2.46 bits per heavy atom. The maximum atomic E-state index is 12.2. The summed E-state index contributed by atoms with van der Waals surface area (Å²) in [7, 11) is 0. The predicted octanol–water partition coefficient (Wildman–Crippen LogP) is 4.33. The van der Waals surface area contributed by atoms with Gasteiger partial charge in [0.2, 0.25) is 0 Å². The molecule has 0 fully saturated rings.